The number of hydrogen-bond donors (Lipinski definition) is 3. The standard InChI is InChI=1S/C19H23ClN2S3.C3H7NO2S.ClH/c1-2-3-4-5-6-10-13-24-19(23)25-16-14-17(20)21-22-18(16)15-11-8-7-9-12-15;4-2(1-7)3(5)6;/h7-9,11-12,14H,2-6,10,13H2,1H3;2,7H,1,4H2,(H,5,6);1H. The first-order valence-corrected chi connectivity index (χ1v) is 13.6. The van der Waals surface area contributed by atoms with Gasteiger partial charge in [-0.05, 0) is 18.2 Å². The molecule has 1 unspecified atom stereocenters. The van der Waals surface area contributed by atoms with E-state index in [2.05, 4.69) is 29.7 Å². The number of aliphatic carboxylic acids is 1. The number of hydrogen-bond acceptors (Lipinski definition) is 8. The maximum Gasteiger partial charge on any atom is 0.321 e. The highest BCUT2D eigenvalue weighted by molar-refractivity contribution is 8.47. The number of unbranched alkanes of at least 4 members (excludes halogenated alkanes) is 5. The predicted octanol–water partition coefficient (Wildman–Crippen LogP) is 7.02. The maximum atomic E-state index is 9.76. The van der Waals surface area contributed by atoms with Gasteiger partial charge in [-0.15, -0.1) is 34.4 Å². The van der Waals surface area contributed by atoms with Crippen molar-refractivity contribution in [2.75, 3.05) is 11.5 Å². The Morgan fingerprint density at radius 1 is 1.18 bits per heavy atom. The number of nitrogens with zero attached hydrogens (tertiary/aromatic N) is 2. The molecule has 5 nitrogen and oxygen atoms in total. The fourth-order valence-electron chi connectivity index (χ4n) is 2.46. The number of carboxylic acids is 1. The monoisotopic (exact) mass is 567 g/mol. The Balaban J connectivity index is 0.00000111. The van der Waals surface area contributed by atoms with Crippen LogP contribution in [0.4, 0.5) is 0 Å². The van der Waals surface area contributed by atoms with Crippen molar-refractivity contribution in [1.29, 1.82) is 0 Å². The predicted molar refractivity (Wildman–Crippen MR) is 153 cm³/mol. The summed E-state index contributed by atoms with van der Waals surface area (Å²) in [6.07, 6.45) is 7.83. The Bertz CT molecular complexity index is 833. The third-order valence-electron chi connectivity index (χ3n) is 4.20. The highest BCUT2D eigenvalue weighted by atomic mass is 35.5. The minimum absolute atomic E-state index is 0. The van der Waals surface area contributed by atoms with Gasteiger partial charge in [-0.25, -0.2) is 0 Å². The molecule has 0 aliphatic heterocycles. The Labute approximate surface area is 227 Å². The van der Waals surface area contributed by atoms with Crippen LogP contribution in [0, 0.1) is 0 Å². The molecule has 1 heterocycles. The number of rotatable bonds is 11. The topological polar surface area (TPSA) is 89.1 Å². The normalized spacial score (nSPS) is 11.0. The molecule has 3 N–H and O–H groups in total. The molecule has 33 heavy (non-hydrogen) atoms. The largest absolute Gasteiger partial charge is 0.480 e. The van der Waals surface area contributed by atoms with Crippen molar-refractivity contribution in [1.82, 2.24) is 10.2 Å². The van der Waals surface area contributed by atoms with Gasteiger partial charge in [0, 0.05) is 16.2 Å². The summed E-state index contributed by atoms with van der Waals surface area (Å²) in [5, 5.41) is 16.7. The summed E-state index contributed by atoms with van der Waals surface area (Å²) in [5.41, 5.74) is 6.80. The SMILES string of the molecule is CCCCCCCCSC(=S)Sc1cc(Cl)nnc1-c1ccccc1.Cl.NC(CS)C(=O)O. The van der Waals surface area contributed by atoms with E-state index in [1.165, 1.54) is 38.5 Å². The highest BCUT2D eigenvalue weighted by Crippen LogP contribution is 2.34. The average molecular weight is 569 g/mol. The lowest BCUT2D eigenvalue weighted by Crippen LogP contribution is -2.31. The van der Waals surface area contributed by atoms with E-state index in [0.717, 1.165) is 25.4 Å². The van der Waals surface area contributed by atoms with E-state index >= 15 is 0 Å². The third-order valence-corrected chi connectivity index (χ3v) is 7.41. The summed E-state index contributed by atoms with van der Waals surface area (Å²) in [5.74, 6) is 0.259. The average Bonchev–Trinajstić information content (AvgIpc) is 2.79. The fourth-order valence-corrected chi connectivity index (χ4v) is 5.22. The van der Waals surface area contributed by atoms with E-state index in [0.29, 0.717) is 5.15 Å². The van der Waals surface area contributed by atoms with Crippen molar-refractivity contribution in [3.8, 4) is 11.3 Å². The zero-order valence-corrected chi connectivity index (χ0v) is 23.4. The van der Waals surface area contributed by atoms with Crippen molar-refractivity contribution in [2.24, 2.45) is 5.73 Å². The number of aromatic nitrogens is 2. The zero-order chi connectivity index (χ0) is 23.8. The quantitative estimate of drug-likeness (QED) is 0.115. The molecule has 2 aromatic rings. The van der Waals surface area contributed by atoms with Crippen LogP contribution in [0.15, 0.2) is 41.3 Å². The van der Waals surface area contributed by atoms with Crippen LogP contribution in [0.2, 0.25) is 5.15 Å². The Hall–Kier alpha value is -0.550. The second-order valence-electron chi connectivity index (χ2n) is 6.84. The van der Waals surface area contributed by atoms with Gasteiger partial charge in [-0.3, -0.25) is 4.79 Å². The van der Waals surface area contributed by atoms with E-state index < -0.39 is 12.0 Å². The molecule has 11 heteroatoms. The number of thiol groups is 1. The number of halogens is 2. The van der Waals surface area contributed by atoms with Crippen LogP contribution in [0.1, 0.15) is 45.4 Å². The van der Waals surface area contributed by atoms with E-state index in [1.54, 1.807) is 23.5 Å². The Kier molecular flexibility index (Phi) is 19.4. The first-order chi connectivity index (χ1) is 15.4. The molecule has 1 atom stereocenters. The van der Waals surface area contributed by atoms with Crippen LogP contribution >= 0.6 is 72.4 Å². The van der Waals surface area contributed by atoms with Crippen molar-refractivity contribution in [3.63, 3.8) is 0 Å². The lowest BCUT2D eigenvalue weighted by Gasteiger charge is -2.09. The second kappa shape index (κ2) is 19.7. The van der Waals surface area contributed by atoms with Crippen LogP contribution in [-0.4, -0.2) is 42.3 Å². The van der Waals surface area contributed by atoms with E-state index in [4.69, 9.17) is 34.7 Å². The molecule has 0 aliphatic rings. The summed E-state index contributed by atoms with van der Waals surface area (Å²) < 4.78 is 0.912. The molecular formula is C22H31Cl2N3O2S4. The third kappa shape index (κ3) is 14.4. The molecule has 1 aromatic carbocycles. The molecule has 0 aliphatic carbocycles. The minimum Gasteiger partial charge on any atom is -0.480 e. The van der Waals surface area contributed by atoms with E-state index in [9.17, 15) is 4.79 Å². The molecule has 0 saturated heterocycles. The van der Waals surface area contributed by atoms with Crippen LogP contribution in [0.5, 0.6) is 0 Å². The molecule has 0 amide bonds. The number of nitrogens with two attached hydrogens (primary N) is 1. The van der Waals surface area contributed by atoms with Crippen LogP contribution in [-0.2, 0) is 4.79 Å². The molecule has 184 valence electrons. The van der Waals surface area contributed by atoms with Gasteiger partial charge < -0.3 is 10.8 Å². The Morgan fingerprint density at radius 3 is 2.39 bits per heavy atom. The van der Waals surface area contributed by atoms with Crippen molar-refractivity contribution in [2.45, 2.75) is 56.4 Å². The molecule has 0 bridgehead atoms. The van der Waals surface area contributed by atoms with Crippen molar-refractivity contribution in [3.05, 3.63) is 41.6 Å². The second-order valence-corrected chi connectivity index (χ2v) is 10.9. The summed E-state index contributed by atoms with van der Waals surface area (Å²) >= 11 is 18.5. The van der Waals surface area contributed by atoms with Crippen LogP contribution in [0.3, 0.4) is 0 Å². The fraction of sp³-hybridized carbons (Fsp3) is 0.455. The molecule has 0 saturated carbocycles. The van der Waals surface area contributed by atoms with Gasteiger partial charge >= 0.3 is 5.97 Å². The first kappa shape index (κ1) is 32.5. The molecular weight excluding hydrogens is 537 g/mol. The first-order valence-electron chi connectivity index (χ1n) is 10.4. The maximum absolute atomic E-state index is 9.76. The van der Waals surface area contributed by atoms with Gasteiger partial charge in [-0.1, -0.05) is 105 Å². The van der Waals surface area contributed by atoms with Crippen LogP contribution in [0.25, 0.3) is 11.3 Å². The molecule has 2 rings (SSSR count). The van der Waals surface area contributed by atoms with Crippen molar-refractivity contribution < 1.29 is 9.90 Å². The summed E-state index contributed by atoms with van der Waals surface area (Å²) in [6, 6.07) is 11.0. The van der Waals surface area contributed by atoms with Gasteiger partial charge in [0.2, 0.25) is 0 Å². The summed E-state index contributed by atoms with van der Waals surface area (Å²) in [7, 11) is 0. The van der Waals surface area contributed by atoms with Gasteiger partial charge in [-0.2, -0.15) is 12.6 Å². The number of thiocarbonyl (C=S) groups is 1. The van der Waals surface area contributed by atoms with E-state index in [1.807, 2.05) is 36.4 Å². The smallest absolute Gasteiger partial charge is 0.321 e. The number of thioether (sulfide) groups is 2. The molecule has 0 spiro atoms. The lowest BCUT2D eigenvalue weighted by atomic mass is 10.1. The van der Waals surface area contributed by atoms with Gasteiger partial charge in [0.05, 0.1) is 0 Å². The highest BCUT2D eigenvalue weighted by Gasteiger charge is 2.12. The molecule has 1 aromatic heterocycles. The molecule has 0 fully saturated rings. The lowest BCUT2D eigenvalue weighted by molar-refractivity contribution is -0.137. The number of carboxylic acid groups (broad SMARTS) is 1. The van der Waals surface area contributed by atoms with Gasteiger partial charge in [0.1, 0.15) is 15.3 Å². The van der Waals surface area contributed by atoms with Gasteiger partial charge in [0.25, 0.3) is 0 Å². The molecule has 0 radical (unpaired) electrons. The Morgan fingerprint density at radius 2 is 1.82 bits per heavy atom. The van der Waals surface area contributed by atoms with Crippen molar-refractivity contribution >= 4 is 81.9 Å². The van der Waals surface area contributed by atoms with Gasteiger partial charge in [0.15, 0.2) is 5.15 Å². The number of benzene rings is 1. The van der Waals surface area contributed by atoms with E-state index in [-0.39, 0.29) is 18.2 Å². The zero-order valence-electron chi connectivity index (χ0n) is 18.5. The summed E-state index contributed by atoms with van der Waals surface area (Å²) in [6.45, 7) is 2.25. The number of carbonyl (C=O) groups is 1. The van der Waals surface area contributed by atoms with Crippen LogP contribution < -0.4 is 5.73 Å². The summed E-state index contributed by atoms with van der Waals surface area (Å²) in [4.78, 5) is 10.7. The minimum atomic E-state index is -1.00.